The zero-order chi connectivity index (χ0) is 16.1. The molecule has 0 unspecified atom stereocenters. The van der Waals surface area contributed by atoms with Gasteiger partial charge in [-0.25, -0.2) is 0 Å². The van der Waals surface area contributed by atoms with Gasteiger partial charge in [-0.1, -0.05) is 36.4 Å². The number of methoxy groups -OCH3 is 1. The van der Waals surface area contributed by atoms with E-state index < -0.39 is 0 Å². The monoisotopic (exact) mass is 307 g/mol. The van der Waals surface area contributed by atoms with E-state index in [1.54, 1.807) is 37.6 Å². The number of nitrogens with one attached hydrogen (secondary N) is 1. The minimum Gasteiger partial charge on any atom is -0.497 e. The highest BCUT2D eigenvalue weighted by Crippen LogP contribution is 2.23. The molecule has 23 heavy (non-hydrogen) atoms. The molecule has 0 fully saturated rings. The summed E-state index contributed by atoms with van der Waals surface area (Å²) < 4.78 is 10.7. The normalized spacial score (nSPS) is 11.7. The summed E-state index contributed by atoms with van der Waals surface area (Å²) in [6.07, 6.45) is 1.60. The van der Waals surface area contributed by atoms with Gasteiger partial charge in [0.2, 0.25) is 0 Å². The van der Waals surface area contributed by atoms with Crippen LogP contribution in [0.2, 0.25) is 0 Å². The highest BCUT2D eigenvalue weighted by Gasteiger charge is 2.20. The molecule has 1 amide bonds. The number of carbonyl (C=O) groups excluding carboxylic acids is 1. The van der Waals surface area contributed by atoms with E-state index in [4.69, 9.17) is 9.15 Å². The zero-order valence-corrected chi connectivity index (χ0v) is 12.7. The summed E-state index contributed by atoms with van der Waals surface area (Å²) in [6, 6.07) is 20.1. The predicted molar refractivity (Wildman–Crippen MR) is 87.5 cm³/mol. The van der Waals surface area contributed by atoms with Gasteiger partial charge in [-0.15, -0.1) is 0 Å². The van der Waals surface area contributed by atoms with E-state index in [1.807, 2.05) is 42.5 Å². The van der Waals surface area contributed by atoms with Gasteiger partial charge < -0.3 is 14.5 Å². The molecule has 3 aromatic rings. The van der Waals surface area contributed by atoms with Crippen LogP contribution >= 0.6 is 0 Å². The standard InChI is InChI=1S/C19H17NO3/c1-22-16-10-5-9-15(13-16)19(21)20-18(17-11-6-12-23-17)14-7-3-2-4-8-14/h2-13,18H,1H3,(H,20,21)/t18-/m1/s1. The van der Waals surface area contributed by atoms with Crippen molar-refractivity contribution in [1.29, 1.82) is 0 Å². The fraction of sp³-hybridized carbons (Fsp3) is 0.105. The average Bonchev–Trinajstić information content (AvgIpc) is 3.14. The van der Waals surface area contributed by atoms with Crippen LogP contribution in [0.25, 0.3) is 0 Å². The maximum Gasteiger partial charge on any atom is 0.252 e. The van der Waals surface area contributed by atoms with Crippen LogP contribution in [-0.2, 0) is 0 Å². The second-order valence-electron chi connectivity index (χ2n) is 5.06. The summed E-state index contributed by atoms with van der Waals surface area (Å²) in [4.78, 5) is 12.6. The first kappa shape index (κ1) is 14.9. The molecule has 1 aromatic heterocycles. The molecule has 0 radical (unpaired) electrons. The van der Waals surface area contributed by atoms with Crippen molar-refractivity contribution in [3.8, 4) is 5.75 Å². The topological polar surface area (TPSA) is 51.5 Å². The third-order valence-corrected chi connectivity index (χ3v) is 3.57. The van der Waals surface area contributed by atoms with E-state index in [0.29, 0.717) is 17.1 Å². The van der Waals surface area contributed by atoms with E-state index in [9.17, 15) is 4.79 Å². The highest BCUT2D eigenvalue weighted by molar-refractivity contribution is 5.95. The molecule has 0 spiro atoms. The van der Waals surface area contributed by atoms with Crippen LogP contribution in [0.1, 0.15) is 27.7 Å². The Morgan fingerprint density at radius 1 is 1.04 bits per heavy atom. The van der Waals surface area contributed by atoms with Crippen molar-refractivity contribution in [3.63, 3.8) is 0 Å². The molecule has 1 atom stereocenters. The summed E-state index contributed by atoms with van der Waals surface area (Å²) in [5.41, 5.74) is 1.50. The lowest BCUT2D eigenvalue weighted by molar-refractivity contribution is 0.0938. The molecular weight excluding hydrogens is 290 g/mol. The first-order chi connectivity index (χ1) is 11.3. The van der Waals surface area contributed by atoms with Crippen LogP contribution in [-0.4, -0.2) is 13.0 Å². The molecule has 116 valence electrons. The molecule has 1 N–H and O–H groups in total. The summed E-state index contributed by atoms with van der Waals surface area (Å²) in [5, 5.41) is 3.02. The molecule has 0 saturated carbocycles. The Bertz CT molecular complexity index is 766. The molecule has 1 heterocycles. The molecule has 0 saturated heterocycles. The average molecular weight is 307 g/mol. The van der Waals surface area contributed by atoms with Crippen LogP contribution in [0.3, 0.4) is 0 Å². The van der Waals surface area contributed by atoms with Gasteiger partial charge in [-0.3, -0.25) is 4.79 Å². The molecule has 4 heteroatoms. The van der Waals surface area contributed by atoms with Crippen LogP contribution in [0.4, 0.5) is 0 Å². The number of benzene rings is 2. The molecule has 0 aliphatic heterocycles. The smallest absolute Gasteiger partial charge is 0.252 e. The zero-order valence-electron chi connectivity index (χ0n) is 12.7. The lowest BCUT2D eigenvalue weighted by Crippen LogP contribution is -2.29. The Morgan fingerprint density at radius 3 is 2.57 bits per heavy atom. The van der Waals surface area contributed by atoms with E-state index in [1.165, 1.54) is 0 Å². The van der Waals surface area contributed by atoms with Crippen molar-refractivity contribution in [2.45, 2.75) is 6.04 Å². The number of ether oxygens (including phenoxy) is 1. The van der Waals surface area contributed by atoms with Crippen LogP contribution in [0.5, 0.6) is 5.75 Å². The number of carbonyl (C=O) groups is 1. The Labute approximate surface area is 134 Å². The maximum atomic E-state index is 12.6. The Kier molecular flexibility index (Phi) is 4.43. The molecule has 0 aliphatic rings. The molecule has 2 aromatic carbocycles. The number of hydrogen-bond donors (Lipinski definition) is 1. The van der Waals surface area contributed by atoms with Gasteiger partial charge in [0.05, 0.1) is 13.4 Å². The third-order valence-electron chi connectivity index (χ3n) is 3.57. The van der Waals surface area contributed by atoms with Crippen molar-refractivity contribution in [1.82, 2.24) is 5.32 Å². The van der Waals surface area contributed by atoms with Crippen LogP contribution in [0, 0.1) is 0 Å². The number of furan rings is 1. The van der Waals surface area contributed by atoms with Crippen molar-refractivity contribution in [2.24, 2.45) is 0 Å². The summed E-state index contributed by atoms with van der Waals surface area (Å²) in [6.45, 7) is 0. The van der Waals surface area contributed by atoms with E-state index >= 15 is 0 Å². The minimum absolute atomic E-state index is 0.186. The van der Waals surface area contributed by atoms with E-state index in [2.05, 4.69) is 5.32 Å². The Morgan fingerprint density at radius 2 is 1.87 bits per heavy atom. The van der Waals surface area contributed by atoms with Crippen molar-refractivity contribution in [2.75, 3.05) is 7.11 Å². The number of hydrogen-bond acceptors (Lipinski definition) is 3. The van der Waals surface area contributed by atoms with Gasteiger partial charge in [0.1, 0.15) is 17.6 Å². The second kappa shape index (κ2) is 6.83. The molecule has 0 bridgehead atoms. The summed E-state index contributed by atoms with van der Waals surface area (Å²) in [7, 11) is 1.58. The maximum absolute atomic E-state index is 12.6. The largest absolute Gasteiger partial charge is 0.497 e. The lowest BCUT2D eigenvalue weighted by Gasteiger charge is -2.17. The number of rotatable bonds is 5. The van der Waals surface area contributed by atoms with Crippen LogP contribution in [0.15, 0.2) is 77.4 Å². The second-order valence-corrected chi connectivity index (χ2v) is 5.06. The fourth-order valence-electron chi connectivity index (χ4n) is 2.40. The SMILES string of the molecule is COc1cccc(C(=O)N[C@H](c2ccccc2)c2ccco2)c1. The van der Waals surface area contributed by atoms with Gasteiger partial charge in [-0.05, 0) is 35.9 Å². The third kappa shape index (κ3) is 3.43. The lowest BCUT2D eigenvalue weighted by atomic mass is 10.0. The summed E-state index contributed by atoms with van der Waals surface area (Å²) >= 11 is 0. The molecule has 0 aliphatic carbocycles. The van der Waals surface area contributed by atoms with Crippen molar-refractivity contribution >= 4 is 5.91 Å². The minimum atomic E-state index is -0.343. The molecule has 4 nitrogen and oxygen atoms in total. The Balaban J connectivity index is 1.88. The van der Waals surface area contributed by atoms with Crippen molar-refractivity contribution < 1.29 is 13.9 Å². The van der Waals surface area contributed by atoms with Gasteiger partial charge in [0, 0.05) is 5.56 Å². The fourth-order valence-corrected chi connectivity index (χ4v) is 2.40. The predicted octanol–water partition coefficient (Wildman–Crippen LogP) is 3.81. The van der Waals surface area contributed by atoms with Gasteiger partial charge >= 0.3 is 0 Å². The first-order valence-electron chi connectivity index (χ1n) is 7.31. The number of amides is 1. The van der Waals surface area contributed by atoms with E-state index in [0.717, 1.165) is 5.56 Å². The van der Waals surface area contributed by atoms with Gasteiger partial charge in [0.25, 0.3) is 5.91 Å². The van der Waals surface area contributed by atoms with Crippen LogP contribution < -0.4 is 10.1 Å². The Hall–Kier alpha value is -3.01. The molecule has 3 rings (SSSR count). The highest BCUT2D eigenvalue weighted by atomic mass is 16.5. The van der Waals surface area contributed by atoms with Gasteiger partial charge in [-0.2, -0.15) is 0 Å². The van der Waals surface area contributed by atoms with Gasteiger partial charge in [0.15, 0.2) is 0 Å². The molecular formula is C19H17NO3. The van der Waals surface area contributed by atoms with E-state index in [-0.39, 0.29) is 11.9 Å². The first-order valence-corrected chi connectivity index (χ1v) is 7.31. The summed E-state index contributed by atoms with van der Waals surface area (Å²) in [5.74, 6) is 1.15. The quantitative estimate of drug-likeness (QED) is 0.780. The van der Waals surface area contributed by atoms with Crippen molar-refractivity contribution in [3.05, 3.63) is 89.9 Å².